The van der Waals surface area contributed by atoms with Crippen molar-refractivity contribution in [3.05, 3.63) is 211 Å². The number of benzene rings is 4. The Hall–Kier alpha value is -9.70. The molecule has 0 radical (unpaired) electrons. The average molecular weight is 1630 g/mol. The summed E-state index contributed by atoms with van der Waals surface area (Å²) >= 11 is 16.6. The average Bonchev–Trinajstić information content (AvgIpc) is 1.85. The maximum atomic E-state index is 11.8. The fourth-order valence-electron chi connectivity index (χ4n) is 7.77. The molecule has 0 spiro atoms. The number of thiophene rings is 3. The van der Waals surface area contributed by atoms with E-state index in [1.54, 1.807) is 125 Å². The van der Waals surface area contributed by atoms with Crippen LogP contribution in [0.15, 0.2) is 206 Å². The van der Waals surface area contributed by atoms with Crippen LogP contribution in [0, 0.1) is 0 Å². The van der Waals surface area contributed by atoms with Crippen molar-refractivity contribution >= 4 is 172 Å². The Morgan fingerprint density at radius 1 is 0.429 bits per heavy atom. The summed E-state index contributed by atoms with van der Waals surface area (Å²) in [5.74, 6) is 1.58. The third-order valence-electron chi connectivity index (χ3n) is 12.7. The molecule has 0 aliphatic heterocycles. The Labute approximate surface area is 646 Å². The zero-order valence-corrected chi connectivity index (χ0v) is 66.5. The van der Waals surface area contributed by atoms with Gasteiger partial charge in [-0.2, -0.15) is 34.0 Å². The topological polar surface area (TPSA) is 350 Å². The zero-order valence-electron chi connectivity index (χ0n) is 60.1. The standard InChI is InChI=1S/C19H20N4O2S.C15H17BrN4O2.C14H12N4S.C11H16N2O2.C6H15N.C4H5BO2S.C4H2BrClN2/c1-19(2,3)25-18(24)23-16-6-4-15(5-7-16)22-17-20-10-14(11-21-17)13-8-9-26-12-13;1-15(2,3)22-14(21)20-12-6-4-11(5-7-12)19-13-17-8-10(16)9-18-13;15-12-1-3-13(4-2-12)18-14-16-7-11(8-17-14)10-5-6-19-9-10;1-11(2,3)15-10(14)13-9-6-4-8(12)5-7-9;1-4-7(5-2)6-3;6-5(7)4-1-2-8-3-4;5-3-1-7-4(6)8-2-3/h4-12H,1-3H3,(H,23,24)(H,20,21,22);4-9H,1-3H3,(H,20,21)(H,17,18,19);1-9H,15H2,(H,16,17,18);4-7H,12H2,1-3H3,(H,13,14);4-6H2,1-3H3;1-3,6-7H;1-2H. The monoisotopic (exact) mass is 1630 g/mol. The van der Waals surface area contributed by atoms with Crippen molar-refractivity contribution in [3.8, 4) is 22.3 Å². The number of nitrogens with zero attached hydrogens (tertiary/aromatic N) is 9. The second-order valence-corrected chi connectivity index (χ2v) is 29.2. The molecule has 3 amide bonds. The number of nitrogen functional groups attached to an aromatic ring is 2. The van der Waals surface area contributed by atoms with Crippen molar-refractivity contribution in [1.82, 2.24) is 44.8 Å². The molecule has 4 aromatic carbocycles. The number of halogens is 3. The Bertz CT molecular complexity index is 4220. The van der Waals surface area contributed by atoms with E-state index in [1.807, 2.05) is 140 Å². The van der Waals surface area contributed by atoms with Gasteiger partial charge in [0.05, 0.1) is 8.95 Å². The lowest BCUT2D eigenvalue weighted by molar-refractivity contribution is 0.0624. The van der Waals surface area contributed by atoms with Crippen LogP contribution in [0.25, 0.3) is 22.3 Å². The molecule has 11 rings (SSSR count). The van der Waals surface area contributed by atoms with Gasteiger partial charge in [0, 0.05) is 106 Å². The number of anilines is 11. The second kappa shape index (κ2) is 44.2. The van der Waals surface area contributed by atoms with E-state index in [1.165, 1.54) is 31.0 Å². The van der Waals surface area contributed by atoms with E-state index in [4.69, 9.17) is 47.3 Å². The maximum Gasteiger partial charge on any atom is 0.489 e. The molecule has 0 unspecified atom stereocenters. The van der Waals surface area contributed by atoms with Gasteiger partial charge in [-0.1, -0.05) is 26.8 Å². The highest BCUT2D eigenvalue weighted by atomic mass is 79.9. The highest BCUT2D eigenvalue weighted by Gasteiger charge is 2.19. The predicted molar refractivity (Wildman–Crippen MR) is 437 cm³/mol. The van der Waals surface area contributed by atoms with Crippen LogP contribution in [0.1, 0.15) is 83.1 Å². The van der Waals surface area contributed by atoms with Crippen molar-refractivity contribution in [3.63, 3.8) is 0 Å². The lowest BCUT2D eigenvalue weighted by atomic mass is 9.83. The number of nitrogens with one attached hydrogen (secondary N) is 6. The third kappa shape index (κ3) is 36.5. The molecule has 0 saturated carbocycles. The molecule has 0 fully saturated rings. The lowest BCUT2D eigenvalue weighted by Crippen LogP contribution is -2.27. The van der Waals surface area contributed by atoms with Gasteiger partial charge in [-0.25, -0.2) is 54.3 Å². The van der Waals surface area contributed by atoms with E-state index in [0.29, 0.717) is 46.1 Å². The number of nitrogens with two attached hydrogens (primary N) is 2. The quantitative estimate of drug-likeness (QED) is 0.0197. The van der Waals surface area contributed by atoms with Crippen LogP contribution in [-0.2, 0) is 14.2 Å². The molecule has 0 aliphatic rings. The molecule has 0 bridgehead atoms. The van der Waals surface area contributed by atoms with Crippen LogP contribution in [-0.4, -0.2) is 117 Å². The van der Waals surface area contributed by atoms with Crippen LogP contribution < -0.4 is 48.8 Å². The first-order chi connectivity index (χ1) is 49.8. The van der Waals surface area contributed by atoms with E-state index < -0.39 is 42.2 Å². The molecular formula is C73H87BBr2ClN17O8S3. The molecule has 0 aliphatic carbocycles. The molecule has 105 heavy (non-hydrogen) atoms. The normalized spacial score (nSPS) is 10.5. The Balaban J connectivity index is 0.000000230. The molecule has 11 aromatic rings. The third-order valence-corrected chi connectivity index (χ3v) is 15.8. The van der Waals surface area contributed by atoms with Gasteiger partial charge in [-0.15, -0.1) is 0 Å². The van der Waals surface area contributed by atoms with Crippen LogP contribution in [0.4, 0.5) is 77.7 Å². The van der Waals surface area contributed by atoms with Crippen molar-refractivity contribution in [2.45, 2.75) is 99.9 Å². The number of carbonyl (C=O) groups excluding carboxylic acids is 3. The van der Waals surface area contributed by atoms with Gasteiger partial charge in [0.2, 0.25) is 23.1 Å². The Kier molecular flexibility index (Phi) is 36.2. The van der Waals surface area contributed by atoms with Gasteiger partial charge in [0.25, 0.3) is 0 Å². The van der Waals surface area contributed by atoms with Crippen LogP contribution in [0.2, 0.25) is 5.28 Å². The van der Waals surface area contributed by atoms with E-state index in [-0.39, 0.29) is 5.28 Å². The van der Waals surface area contributed by atoms with Gasteiger partial charge in [0.15, 0.2) is 0 Å². The highest BCUT2D eigenvalue weighted by molar-refractivity contribution is 9.10. The minimum absolute atomic E-state index is 0.271. The van der Waals surface area contributed by atoms with E-state index >= 15 is 0 Å². The van der Waals surface area contributed by atoms with E-state index in [9.17, 15) is 14.4 Å². The first-order valence-electron chi connectivity index (χ1n) is 32.5. The number of aromatic nitrogens is 8. The number of carbonyl (C=O) groups is 3. The van der Waals surface area contributed by atoms with Crippen molar-refractivity contribution < 1.29 is 38.6 Å². The summed E-state index contributed by atoms with van der Waals surface area (Å²) in [6, 6.07) is 34.5. The SMILES string of the molecule is CC(C)(C)OC(=O)Nc1ccc(N)cc1.CC(C)(C)OC(=O)Nc1ccc(Nc2ncc(-c3ccsc3)cn2)cc1.CC(C)(C)OC(=O)Nc1ccc(Nc2ncc(Br)cn2)cc1.CCN(CC)CC.Clc1ncc(Br)cn1.Nc1ccc(Nc2ncc(-c3ccsc3)cn2)cc1.OB(O)c1ccsc1. The molecule has 0 atom stereocenters. The predicted octanol–water partition coefficient (Wildman–Crippen LogP) is 18.4. The maximum absolute atomic E-state index is 11.8. The molecule has 12 N–H and O–H groups in total. The molecular weight excluding hydrogens is 1550 g/mol. The largest absolute Gasteiger partial charge is 0.489 e. The van der Waals surface area contributed by atoms with E-state index in [0.717, 1.165) is 53.9 Å². The molecule has 0 saturated heterocycles. The number of hydrogen-bond donors (Lipinski definition) is 10. The Morgan fingerprint density at radius 3 is 0.952 bits per heavy atom. The van der Waals surface area contributed by atoms with Gasteiger partial charge < -0.3 is 56.6 Å². The summed E-state index contributed by atoms with van der Waals surface area (Å²) in [7, 11) is -1.30. The van der Waals surface area contributed by atoms with Crippen LogP contribution in [0.3, 0.4) is 0 Å². The number of rotatable bonds is 15. The molecule has 7 aromatic heterocycles. The smallest absolute Gasteiger partial charge is 0.444 e. The lowest BCUT2D eigenvalue weighted by Gasteiger charge is -2.19. The van der Waals surface area contributed by atoms with Crippen molar-refractivity contribution in [1.29, 1.82) is 0 Å². The van der Waals surface area contributed by atoms with Crippen LogP contribution in [0.5, 0.6) is 0 Å². The fourth-order valence-corrected chi connectivity index (χ4v) is 10.3. The first-order valence-corrected chi connectivity index (χ1v) is 37.2. The first kappa shape index (κ1) is 85.9. The summed E-state index contributed by atoms with van der Waals surface area (Å²) in [6.07, 6.45) is 12.3. The zero-order chi connectivity index (χ0) is 77.0. The summed E-state index contributed by atoms with van der Waals surface area (Å²) in [6.45, 7) is 26.5. The minimum Gasteiger partial charge on any atom is -0.444 e. The highest BCUT2D eigenvalue weighted by Crippen LogP contribution is 2.26. The summed E-state index contributed by atoms with van der Waals surface area (Å²) in [5, 5.41) is 46.2. The molecule has 7 heterocycles. The summed E-state index contributed by atoms with van der Waals surface area (Å²) < 4.78 is 17.2. The Morgan fingerprint density at radius 2 is 0.705 bits per heavy atom. The van der Waals surface area contributed by atoms with Gasteiger partial charge in [0.1, 0.15) is 16.8 Å². The van der Waals surface area contributed by atoms with Crippen LogP contribution >= 0.6 is 77.5 Å². The van der Waals surface area contributed by atoms with Crippen molar-refractivity contribution in [2.24, 2.45) is 0 Å². The molecule has 32 heteroatoms. The van der Waals surface area contributed by atoms with Gasteiger partial charge in [-0.05, 0) is 283 Å². The molecule has 554 valence electrons. The minimum atomic E-state index is -1.30. The second-order valence-electron chi connectivity index (χ2n) is 24.7. The number of ether oxygens (including phenoxy) is 3. The summed E-state index contributed by atoms with van der Waals surface area (Å²) in [5.41, 5.74) is 20.3. The summed E-state index contributed by atoms with van der Waals surface area (Å²) in [4.78, 5) is 70.0. The van der Waals surface area contributed by atoms with Crippen molar-refractivity contribution in [2.75, 3.05) is 63.0 Å². The number of hydrogen-bond acceptors (Lipinski definition) is 25. The van der Waals surface area contributed by atoms with Gasteiger partial charge in [-0.3, -0.25) is 16.0 Å². The fraction of sp³-hybridized carbons (Fsp3) is 0.247. The van der Waals surface area contributed by atoms with Gasteiger partial charge >= 0.3 is 25.4 Å². The number of amides is 3. The van der Waals surface area contributed by atoms with E-state index in [2.05, 4.69) is 146 Å². The molecule has 25 nitrogen and oxygen atoms in total.